The van der Waals surface area contributed by atoms with Crippen LogP contribution in [0.3, 0.4) is 0 Å². The molecule has 0 aromatic carbocycles. The molecule has 0 N–H and O–H groups in total. The van der Waals surface area contributed by atoms with E-state index in [1.165, 1.54) is 0 Å². The highest BCUT2D eigenvalue weighted by molar-refractivity contribution is 6.01. The molecule has 76 valence electrons. The van der Waals surface area contributed by atoms with Gasteiger partial charge in [0.15, 0.2) is 5.78 Å². The molecule has 2 nitrogen and oxygen atoms in total. The van der Waals surface area contributed by atoms with Crippen LogP contribution in [0.1, 0.15) is 33.1 Å². The van der Waals surface area contributed by atoms with Crippen molar-refractivity contribution in [3.63, 3.8) is 0 Å². The van der Waals surface area contributed by atoms with Crippen molar-refractivity contribution in [3.05, 3.63) is 12.2 Å². The summed E-state index contributed by atoms with van der Waals surface area (Å²) < 4.78 is 0. The first-order valence-electron chi connectivity index (χ1n) is 5.31. The molecule has 0 unspecified atom stereocenters. The van der Waals surface area contributed by atoms with Crippen LogP contribution in [-0.2, 0) is 9.59 Å². The van der Waals surface area contributed by atoms with Gasteiger partial charge in [-0.15, -0.1) is 0 Å². The minimum atomic E-state index is -0.399. The Hall–Kier alpha value is -0.920. The molecule has 0 heterocycles. The normalized spacial score (nSPS) is 42.4. The zero-order valence-corrected chi connectivity index (χ0v) is 8.75. The maximum atomic E-state index is 11.8. The Morgan fingerprint density at radius 1 is 1.43 bits per heavy atom. The minimum Gasteiger partial charge on any atom is -0.299 e. The lowest BCUT2D eigenvalue weighted by Crippen LogP contribution is -2.47. The molecule has 3 atom stereocenters. The van der Waals surface area contributed by atoms with Crippen molar-refractivity contribution in [3.8, 4) is 0 Å². The van der Waals surface area contributed by atoms with Gasteiger partial charge in [0.1, 0.15) is 5.78 Å². The molecular formula is C12H16O2. The number of carbonyl (C=O) groups excluding carboxylic acids is 2. The minimum absolute atomic E-state index is 0.0613. The molecule has 0 aliphatic heterocycles. The van der Waals surface area contributed by atoms with Crippen LogP contribution in [0.15, 0.2) is 12.2 Å². The van der Waals surface area contributed by atoms with Gasteiger partial charge >= 0.3 is 0 Å². The van der Waals surface area contributed by atoms with E-state index in [0.717, 1.165) is 12.8 Å². The second-order valence-electron chi connectivity index (χ2n) is 4.80. The van der Waals surface area contributed by atoms with Gasteiger partial charge in [-0.3, -0.25) is 9.59 Å². The maximum absolute atomic E-state index is 11.8. The summed E-state index contributed by atoms with van der Waals surface area (Å²) in [5.74, 6) is 0.594. The van der Waals surface area contributed by atoms with Gasteiger partial charge in [0, 0.05) is 17.8 Å². The molecule has 0 spiro atoms. The number of ketones is 2. The van der Waals surface area contributed by atoms with E-state index in [2.05, 4.69) is 0 Å². The third kappa shape index (κ3) is 1.17. The summed E-state index contributed by atoms with van der Waals surface area (Å²) in [6, 6.07) is 0. The zero-order chi connectivity index (χ0) is 10.3. The van der Waals surface area contributed by atoms with E-state index in [9.17, 15) is 9.59 Å². The van der Waals surface area contributed by atoms with E-state index in [1.807, 2.05) is 19.9 Å². The highest BCUT2D eigenvalue weighted by atomic mass is 16.1. The van der Waals surface area contributed by atoms with Crippen LogP contribution in [0.25, 0.3) is 0 Å². The van der Waals surface area contributed by atoms with Crippen LogP contribution in [0.2, 0.25) is 0 Å². The van der Waals surface area contributed by atoms with Crippen molar-refractivity contribution in [2.75, 3.05) is 0 Å². The van der Waals surface area contributed by atoms with Crippen LogP contribution in [-0.4, -0.2) is 11.6 Å². The van der Waals surface area contributed by atoms with Gasteiger partial charge < -0.3 is 0 Å². The summed E-state index contributed by atoms with van der Waals surface area (Å²) in [6.07, 6.45) is 5.96. The van der Waals surface area contributed by atoms with E-state index in [0.29, 0.717) is 6.42 Å². The third-order valence-corrected chi connectivity index (χ3v) is 3.79. The molecule has 2 rings (SSSR count). The smallest absolute Gasteiger partial charge is 0.161 e. The summed E-state index contributed by atoms with van der Waals surface area (Å²) in [5, 5.41) is 0. The fourth-order valence-electron chi connectivity index (χ4n) is 2.99. The number of fused-ring (bicyclic) bond motifs is 1. The molecular weight excluding hydrogens is 176 g/mol. The van der Waals surface area contributed by atoms with E-state index < -0.39 is 5.41 Å². The van der Waals surface area contributed by atoms with Crippen molar-refractivity contribution in [1.82, 2.24) is 0 Å². The first kappa shape index (κ1) is 9.63. The Kier molecular flexibility index (Phi) is 2.09. The molecule has 0 aromatic rings. The second kappa shape index (κ2) is 3.04. The molecule has 0 amide bonds. The quantitative estimate of drug-likeness (QED) is 0.589. The number of hydrogen-bond donors (Lipinski definition) is 0. The second-order valence-corrected chi connectivity index (χ2v) is 4.80. The van der Waals surface area contributed by atoms with Crippen molar-refractivity contribution in [2.45, 2.75) is 33.1 Å². The molecule has 0 saturated heterocycles. The number of allylic oxidation sites excluding steroid dienone is 2. The largest absolute Gasteiger partial charge is 0.299 e. The number of carbonyl (C=O) groups is 2. The average Bonchev–Trinajstić information content (AvgIpc) is 2.12. The first-order valence-corrected chi connectivity index (χ1v) is 5.31. The monoisotopic (exact) mass is 192 g/mol. The molecule has 0 radical (unpaired) electrons. The van der Waals surface area contributed by atoms with Gasteiger partial charge in [0.05, 0.1) is 0 Å². The number of hydrogen-bond acceptors (Lipinski definition) is 2. The van der Waals surface area contributed by atoms with Gasteiger partial charge in [0.2, 0.25) is 0 Å². The third-order valence-electron chi connectivity index (χ3n) is 3.79. The fraction of sp³-hybridized carbons (Fsp3) is 0.667. The summed E-state index contributed by atoms with van der Waals surface area (Å²) >= 11 is 0. The van der Waals surface area contributed by atoms with Crippen LogP contribution < -0.4 is 0 Å². The predicted molar refractivity (Wildman–Crippen MR) is 53.8 cm³/mol. The summed E-state index contributed by atoms with van der Waals surface area (Å²) in [5.41, 5.74) is -0.399. The topological polar surface area (TPSA) is 34.1 Å². The average molecular weight is 192 g/mol. The standard InChI is InChI=1S/C12H16O2/c1-8-5-6-10(14)12(2)7-3-4-9(13)11(8)12/h5-6,8,11H,3-4,7H2,1-2H3/t8-,11-,12+/m0/s1. The van der Waals surface area contributed by atoms with Gasteiger partial charge in [-0.1, -0.05) is 19.9 Å². The molecule has 2 aliphatic rings. The highest BCUT2D eigenvalue weighted by Crippen LogP contribution is 2.46. The summed E-state index contributed by atoms with van der Waals surface area (Å²) in [4.78, 5) is 23.6. The van der Waals surface area contributed by atoms with Crippen LogP contribution in [0.5, 0.6) is 0 Å². The first-order chi connectivity index (χ1) is 6.55. The van der Waals surface area contributed by atoms with Gasteiger partial charge in [0.25, 0.3) is 0 Å². The molecule has 1 fully saturated rings. The molecule has 2 heteroatoms. The molecule has 14 heavy (non-hydrogen) atoms. The van der Waals surface area contributed by atoms with Crippen molar-refractivity contribution in [1.29, 1.82) is 0 Å². The van der Waals surface area contributed by atoms with Crippen LogP contribution in [0, 0.1) is 17.3 Å². The SMILES string of the molecule is C[C@H]1C=CC(=O)[C@@]2(C)CCCC(=O)[C@H]12. The molecule has 2 aliphatic carbocycles. The van der Waals surface area contributed by atoms with E-state index in [4.69, 9.17) is 0 Å². The van der Waals surface area contributed by atoms with Crippen molar-refractivity contribution in [2.24, 2.45) is 17.3 Å². The van der Waals surface area contributed by atoms with Crippen LogP contribution >= 0.6 is 0 Å². The molecule has 0 aromatic heterocycles. The van der Waals surface area contributed by atoms with E-state index >= 15 is 0 Å². The Morgan fingerprint density at radius 3 is 2.79 bits per heavy atom. The maximum Gasteiger partial charge on any atom is 0.161 e. The molecule has 0 bridgehead atoms. The van der Waals surface area contributed by atoms with Gasteiger partial charge in [-0.25, -0.2) is 0 Å². The Labute approximate surface area is 84.4 Å². The zero-order valence-electron chi connectivity index (χ0n) is 8.75. The van der Waals surface area contributed by atoms with E-state index in [-0.39, 0.29) is 23.4 Å². The van der Waals surface area contributed by atoms with Crippen molar-refractivity contribution >= 4 is 11.6 Å². The predicted octanol–water partition coefficient (Wildman–Crippen LogP) is 2.14. The Morgan fingerprint density at radius 2 is 2.14 bits per heavy atom. The van der Waals surface area contributed by atoms with Crippen LogP contribution in [0.4, 0.5) is 0 Å². The number of rotatable bonds is 0. The van der Waals surface area contributed by atoms with Gasteiger partial charge in [-0.05, 0) is 24.8 Å². The number of Topliss-reactive ketones (excluding diaryl/α,β-unsaturated/α-hetero) is 1. The Balaban J connectivity index is 2.44. The van der Waals surface area contributed by atoms with Crippen molar-refractivity contribution < 1.29 is 9.59 Å². The lowest BCUT2D eigenvalue weighted by atomic mass is 9.58. The lowest BCUT2D eigenvalue weighted by Gasteiger charge is -2.43. The summed E-state index contributed by atoms with van der Waals surface area (Å²) in [6.45, 7) is 3.99. The van der Waals surface area contributed by atoms with Gasteiger partial charge in [-0.2, -0.15) is 0 Å². The molecule has 1 saturated carbocycles. The lowest BCUT2D eigenvalue weighted by molar-refractivity contribution is -0.142. The summed E-state index contributed by atoms with van der Waals surface area (Å²) in [7, 11) is 0. The highest BCUT2D eigenvalue weighted by Gasteiger charge is 2.49. The fourth-order valence-corrected chi connectivity index (χ4v) is 2.99. The van der Waals surface area contributed by atoms with E-state index in [1.54, 1.807) is 6.08 Å². The Bertz CT molecular complexity index is 316.